The van der Waals surface area contributed by atoms with Gasteiger partial charge in [0.15, 0.2) is 5.78 Å². The zero-order chi connectivity index (χ0) is 21.1. The molecule has 152 valence electrons. The quantitative estimate of drug-likeness (QED) is 0.729. The van der Waals surface area contributed by atoms with Crippen LogP contribution in [-0.4, -0.2) is 33.6 Å². The Morgan fingerprint density at radius 3 is 2.52 bits per heavy atom. The molecule has 0 radical (unpaired) electrons. The molecule has 0 fully saturated rings. The highest BCUT2D eigenvalue weighted by Crippen LogP contribution is 2.27. The van der Waals surface area contributed by atoms with Gasteiger partial charge in [0.1, 0.15) is 5.38 Å². The van der Waals surface area contributed by atoms with Crippen molar-refractivity contribution in [2.45, 2.75) is 32.2 Å². The molecule has 0 bridgehead atoms. The number of H-pyrrole nitrogens is 1. The van der Waals surface area contributed by atoms with Crippen molar-refractivity contribution in [2.24, 2.45) is 5.92 Å². The molecule has 2 unspecified atom stereocenters. The second-order valence-corrected chi connectivity index (χ2v) is 8.00. The lowest BCUT2D eigenvalue weighted by Gasteiger charge is -2.32. The molecule has 0 saturated heterocycles. The summed E-state index contributed by atoms with van der Waals surface area (Å²) in [5.41, 5.74) is 1.18. The minimum absolute atomic E-state index is 0.160. The van der Waals surface area contributed by atoms with Crippen LogP contribution in [0.3, 0.4) is 0 Å². The van der Waals surface area contributed by atoms with Gasteiger partial charge in [-0.15, -0.1) is 11.6 Å². The molecule has 1 aliphatic rings. The summed E-state index contributed by atoms with van der Waals surface area (Å²) in [6.07, 6.45) is 6.10. The highest BCUT2D eigenvalue weighted by Gasteiger charge is 2.25. The van der Waals surface area contributed by atoms with E-state index < -0.39 is 5.38 Å². The summed E-state index contributed by atoms with van der Waals surface area (Å²) in [5.74, 6) is 0.0206. The SMILES string of the molecule is CC(C)CN(C(=O)NC1=CC(Cl)C(=O)C=C1)C(C)c1c[nH]c(=O)c2ccccc12. The molecule has 1 aromatic carbocycles. The standard InChI is InChI=1S/C22H24ClN3O3/c1-13(2)12-26(22(29)25-15-8-9-20(27)19(23)10-15)14(3)18-11-24-21(28)17-7-5-4-6-16(17)18/h4-11,13-14,19H,12H2,1-3H3,(H,24,28)(H,25,29). The number of amides is 2. The number of pyridine rings is 1. The maximum absolute atomic E-state index is 13.1. The number of ketones is 1. The predicted molar refractivity (Wildman–Crippen MR) is 115 cm³/mol. The van der Waals surface area contributed by atoms with Crippen molar-refractivity contribution in [3.8, 4) is 0 Å². The van der Waals surface area contributed by atoms with Gasteiger partial charge in [-0.2, -0.15) is 0 Å². The number of nitrogens with zero attached hydrogens (tertiary/aromatic N) is 1. The third kappa shape index (κ3) is 4.59. The van der Waals surface area contributed by atoms with Gasteiger partial charge in [0.25, 0.3) is 5.56 Å². The van der Waals surface area contributed by atoms with E-state index in [1.807, 2.05) is 39.0 Å². The average Bonchev–Trinajstić information content (AvgIpc) is 2.69. The van der Waals surface area contributed by atoms with E-state index in [0.717, 1.165) is 10.9 Å². The van der Waals surface area contributed by atoms with Crippen LogP contribution in [0.5, 0.6) is 0 Å². The smallest absolute Gasteiger partial charge is 0.322 e. The van der Waals surface area contributed by atoms with Crippen molar-refractivity contribution < 1.29 is 9.59 Å². The molecule has 6 nitrogen and oxygen atoms in total. The lowest BCUT2D eigenvalue weighted by atomic mass is 10.0. The molecule has 1 aromatic heterocycles. The molecule has 2 aromatic rings. The number of urea groups is 1. The molecule has 2 N–H and O–H groups in total. The molecule has 1 heterocycles. The first kappa shape index (κ1) is 20.9. The Kier molecular flexibility index (Phi) is 6.23. The van der Waals surface area contributed by atoms with Gasteiger partial charge in [-0.1, -0.05) is 32.0 Å². The number of rotatable bonds is 5. The van der Waals surface area contributed by atoms with Crippen molar-refractivity contribution in [2.75, 3.05) is 6.54 Å². The zero-order valence-corrected chi connectivity index (χ0v) is 17.4. The summed E-state index contributed by atoms with van der Waals surface area (Å²) in [5, 5.41) is 3.45. The van der Waals surface area contributed by atoms with E-state index >= 15 is 0 Å². The number of nitrogens with one attached hydrogen (secondary N) is 2. The van der Waals surface area contributed by atoms with Crippen LogP contribution < -0.4 is 10.9 Å². The Morgan fingerprint density at radius 2 is 1.86 bits per heavy atom. The summed E-state index contributed by atoms with van der Waals surface area (Å²) in [4.78, 5) is 41.3. The summed E-state index contributed by atoms with van der Waals surface area (Å²) < 4.78 is 0. The molecule has 1 aliphatic carbocycles. The molecule has 29 heavy (non-hydrogen) atoms. The van der Waals surface area contributed by atoms with Gasteiger partial charge in [0.2, 0.25) is 0 Å². The Hall–Kier alpha value is -2.86. The number of fused-ring (bicyclic) bond motifs is 1. The second kappa shape index (κ2) is 8.66. The number of aromatic amines is 1. The number of carbonyl (C=O) groups excluding carboxylic acids is 2. The number of carbonyl (C=O) groups is 2. The van der Waals surface area contributed by atoms with E-state index in [2.05, 4.69) is 10.3 Å². The first-order valence-electron chi connectivity index (χ1n) is 9.53. The predicted octanol–water partition coefficient (Wildman–Crippen LogP) is 3.89. The van der Waals surface area contributed by atoms with Gasteiger partial charge in [-0.25, -0.2) is 4.79 Å². The molecule has 7 heteroatoms. The lowest BCUT2D eigenvalue weighted by Crippen LogP contribution is -2.43. The van der Waals surface area contributed by atoms with Crippen molar-refractivity contribution in [3.63, 3.8) is 0 Å². The number of allylic oxidation sites excluding steroid dienone is 3. The van der Waals surface area contributed by atoms with Gasteiger partial charge < -0.3 is 15.2 Å². The molecule has 0 spiro atoms. The molecule has 2 amide bonds. The van der Waals surface area contributed by atoms with Crippen LogP contribution in [0.15, 0.2) is 59.2 Å². The summed E-state index contributed by atoms with van der Waals surface area (Å²) >= 11 is 5.97. The van der Waals surface area contributed by atoms with Crippen LogP contribution >= 0.6 is 11.6 Å². The minimum atomic E-state index is -0.783. The van der Waals surface area contributed by atoms with E-state index in [0.29, 0.717) is 17.6 Å². The number of alkyl halides is 1. The van der Waals surface area contributed by atoms with E-state index in [4.69, 9.17) is 11.6 Å². The van der Waals surface area contributed by atoms with Gasteiger partial charge in [0, 0.05) is 23.8 Å². The second-order valence-electron chi connectivity index (χ2n) is 7.53. The maximum Gasteiger partial charge on any atom is 0.322 e. The van der Waals surface area contributed by atoms with E-state index in [1.54, 1.807) is 23.2 Å². The van der Waals surface area contributed by atoms with Gasteiger partial charge in [0.05, 0.1) is 6.04 Å². The summed E-state index contributed by atoms with van der Waals surface area (Å²) in [7, 11) is 0. The normalized spacial score (nSPS) is 17.3. The van der Waals surface area contributed by atoms with Crippen molar-refractivity contribution in [1.82, 2.24) is 15.2 Å². The van der Waals surface area contributed by atoms with Crippen LogP contribution in [0.2, 0.25) is 0 Å². The fourth-order valence-electron chi connectivity index (χ4n) is 3.39. The van der Waals surface area contributed by atoms with Gasteiger partial charge in [-0.3, -0.25) is 9.59 Å². The Balaban J connectivity index is 1.93. The third-order valence-electron chi connectivity index (χ3n) is 4.86. The molecular weight excluding hydrogens is 390 g/mol. The Bertz CT molecular complexity index is 1050. The fraction of sp³-hybridized carbons (Fsp3) is 0.318. The molecule has 3 rings (SSSR count). The summed E-state index contributed by atoms with van der Waals surface area (Å²) in [6, 6.07) is 6.76. The van der Waals surface area contributed by atoms with Crippen molar-refractivity contribution in [3.05, 3.63) is 70.3 Å². The number of hydrogen-bond donors (Lipinski definition) is 2. The largest absolute Gasteiger partial charge is 0.328 e. The fourth-order valence-corrected chi connectivity index (χ4v) is 3.60. The van der Waals surface area contributed by atoms with Crippen molar-refractivity contribution in [1.29, 1.82) is 0 Å². The van der Waals surface area contributed by atoms with E-state index in [-0.39, 0.29) is 29.3 Å². The number of halogens is 1. The van der Waals surface area contributed by atoms with Crippen LogP contribution in [0.25, 0.3) is 10.8 Å². The van der Waals surface area contributed by atoms with Crippen LogP contribution in [-0.2, 0) is 4.79 Å². The van der Waals surface area contributed by atoms with Gasteiger partial charge in [-0.05, 0) is 48.1 Å². The van der Waals surface area contributed by atoms with Crippen LogP contribution in [0, 0.1) is 5.92 Å². The Morgan fingerprint density at radius 1 is 1.17 bits per heavy atom. The lowest BCUT2D eigenvalue weighted by molar-refractivity contribution is -0.113. The highest BCUT2D eigenvalue weighted by molar-refractivity contribution is 6.34. The number of hydrogen-bond acceptors (Lipinski definition) is 3. The topological polar surface area (TPSA) is 82.3 Å². The third-order valence-corrected chi connectivity index (χ3v) is 5.20. The first-order chi connectivity index (χ1) is 13.8. The molecule has 0 aliphatic heterocycles. The number of aromatic nitrogens is 1. The highest BCUT2D eigenvalue weighted by atomic mass is 35.5. The van der Waals surface area contributed by atoms with Crippen LogP contribution in [0.4, 0.5) is 4.79 Å². The van der Waals surface area contributed by atoms with E-state index in [1.165, 1.54) is 12.2 Å². The monoisotopic (exact) mass is 413 g/mol. The van der Waals surface area contributed by atoms with Crippen molar-refractivity contribution >= 4 is 34.2 Å². The zero-order valence-electron chi connectivity index (χ0n) is 16.6. The maximum atomic E-state index is 13.1. The van der Waals surface area contributed by atoms with Gasteiger partial charge >= 0.3 is 6.03 Å². The molecular formula is C22H24ClN3O3. The molecule has 2 atom stereocenters. The number of benzene rings is 1. The molecule has 0 saturated carbocycles. The Labute approximate surface area is 174 Å². The minimum Gasteiger partial charge on any atom is -0.328 e. The summed E-state index contributed by atoms with van der Waals surface area (Å²) in [6.45, 7) is 6.51. The van der Waals surface area contributed by atoms with Crippen LogP contribution in [0.1, 0.15) is 32.4 Å². The first-order valence-corrected chi connectivity index (χ1v) is 9.97. The van der Waals surface area contributed by atoms with E-state index in [9.17, 15) is 14.4 Å². The average molecular weight is 414 g/mol.